The number of aromatic nitrogens is 1. The zero-order valence-corrected chi connectivity index (χ0v) is 17.1. The van der Waals surface area contributed by atoms with Gasteiger partial charge >= 0.3 is 6.03 Å². The van der Waals surface area contributed by atoms with Gasteiger partial charge in [0.15, 0.2) is 16.6 Å². The summed E-state index contributed by atoms with van der Waals surface area (Å²) in [7, 11) is 0. The van der Waals surface area contributed by atoms with Gasteiger partial charge in [-0.3, -0.25) is 10.1 Å². The molecule has 0 unspecified atom stereocenters. The first-order valence-corrected chi connectivity index (χ1v) is 10.5. The Morgan fingerprint density at radius 1 is 1.20 bits per heavy atom. The van der Waals surface area contributed by atoms with Crippen molar-refractivity contribution in [3.05, 3.63) is 42.0 Å². The lowest BCUT2D eigenvalue weighted by Gasteiger charge is -2.22. The Hall–Kier alpha value is -3.33. The van der Waals surface area contributed by atoms with E-state index in [9.17, 15) is 9.59 Å². The molecule has 2 aliphatic rings. The minimum Gasteiger partial charge on any atom is -0.486 e. The highest BCUT2D eigenvalue weighted by Gasteiger charge is 2.32. The van der Waals surface area contributed by atoms with E-state index in [2.05, 4.69) is 15.6 Å². The molecule has 30 heavy (non-hydrogen) atoms. The lowest BCUT2D eigenvalue weighted by Crippen LogP contribution is -2.39. The van der Waals surface area contributed by atoms with Gasteiger partial charge in [0.05, 0.1) is 16.3 Å². The van der Waals surface area contributed by atoms with Crippen molar-refractivity contribution in [3.63, 3.8) is 0 Å². The molecule has 1 atom stereocenters. The first-order valence-electron chi connectivity index (χ1n) is 9.70. The van der Waals surface area contributed by atoms with Crippen molar-refractivity contribution >= 4 is 44.3 Å². The highest BCUT2D eigenvalue weighted by molar-refractivity contribution is 7.22. The van der Waals surface area contributed by atoms with Gasteiger partial charge in [0.2, 0.25) is 5.91 Å². The second-order valence-corrected chi connectivity index (χ2v) is 8.30. The number of amides is 3. The number of ether oxygens (including phenoxy) is 2. The van der Waals surface area contributed by atoms with Gasteiger partial charge in [0.25, 0.3) is 0 Å². The van der Waals surface area contributed by atoms with E-state index in [0.29, 0.717) is 36.4 Å². The lowest BCUT2D eigenvalue weighted by molar-refractivity contribution is -0.117. The van der Waals surface area contributed by atoms with Crippen molar-refractivity contribution in [1.82, 2.24) is 10.3 Å². The molecule has 0 saturated carbocycles. The van der Waals surface area contributed by atoms with E-state index < -0.39 is 0 Å². The van der Waals surface area contributed by atoms with Crippen LogP contribution in [0.2, 0.25) is 0 Å². The van der Waals surface area contributed by atoms with Crippen molar-refractivity contribution < 1.29 is 19.1 Å². The maximum Gasteiger partial charge on any atom is 0.321 e. The fraction of sp³-hybridized carbons (Fsp3) is 0.286. The molecule has 0 spiro atoms. The molecular formula is C21H20N4O4S. The van der Waals surface area contributed by atoms with Gasteiger partial charge in [0.1, 0.15) is 13.2 Å². The zero-order chi connectivity index (χ0) is 20.7. The third-order valence-electron chi connectivity index (χ3n) is 5.14. The number of urea groups is 1. The number of hydrogen-bond acceptors (Lipinski definition) is 6. The van der Waals surface area contributed by atoms with E-state index in [1.807, 2.05) is 31.2 Å². The SMILES string of the molecule is Cc1cccc2sc(NC(=O)N[C@@H]3CC(=O)N(c4ccc5c(c4)OCCO5)C3)nc12. The van der Waals surface area contributed by atoms with Crippen molar-refractivity contribution in [1.29, 1.82) is 0 Å². The molecular weight excluding hydrogens is 404 g/mol. The number of aryl methyl sites for hydroxylation is 1. The molecule has 3 aromatic rings. The Balaban J connectivity index is 1.24. The van der Waals surface area contributed by atoms with Gasteiger partial charge in [-0.05, 0) is 30.7 Å². The van der Waals surface area contributed by atoms with Crippen LogP contribution >= 0.6 is 11.3 Å². The topological polar surface area (TPSA) is 92.8 Å². The molecule has 1 fully saturated rings. The molecule has 3 heterocycles. The predicted molar refractivity (Wildman–Crippen MR) is 115 cm³/mol. The molecule has 154 valence electrons. The molecule has 9 heteroatoms. The Bertz CT molecular complexity index is 1150. The quantitative estimate of drug-likeness (QED) is 0.673. The van der Waals surface area contributed by atoms with Crippen LogP contribution in [0.3, 0.4) is 0 Å². The number of rotatable bonds is 3. The van der Waals surface area contributed by atoms with Crippen molar-refractivity contribution in [2.24, 2.45) is 0 Å². The maximum atomic E-state index is 12.5. The summed E-state index contributed by atoms with van der Waals surface area (Å²) in [6.45, 7) is 3.39. The van der Waals surface area contributed by atoms with Crippen molar-refractivity contribution in [2.75, 3.05) is 30.0 Å². The number of para-hydroxylation sites is 1. The number of nitrogens with one attached hydrogen (secondary N) is 2. The number of benzene rings is 2. The van der Waals surface area contributed by atoms with E-state index in [-0.39, 0.29) is 24.4 Å². The molecule has 8 nitrogen and oxygen atoms in total. The average Bonchev–Trinajstić information content (AvgIpc) is 3.31. The van der Waals surface area contributed by atoms with Crippen molar-refractivity contribution in [3.8, 4) is 11.5 Å². The smallest absolute Gasteiger partial charge is 0.321 e. The lowest BCUT2D eigenvalue weighted by atomic mass is 10.2. The zero-order valence-electron chi connectivity index (χ0n) is 16.3. The second-order valence-electron chi connectivity index (χ2n) is 7.27. The van der Waals surface area contributed by atoms with Crippen molar-refractivity contribution in [2.45, 2.75) is 19.4 Å². The summed E-state index contributed by atoms with van der Waals surface area (Å²) >= 11 is 1.42. The monoisotopic (exact) mass is 424 g/mol. The van der Waals surface area contributed by atoms with E-state index in [0.717, 1.165) is 21.5 Å². The molecule has 1 aromatic heterocycles. The molecule has 0 bridgehead atoms. The Morgan fingerprint density at radius 2 is 2.03 bits per heavy atom. The first kappa shape index (κ1) is 18.7. The van der Waals surface area contributed by atoms with Crippen LogP contribution in [0.15, 0.2) is 36.4 Å². The third-order valence-corrected chi connectivity index (χ3v) is 6.07. The molecule has 5 rings (SSSR count). The van der Waals surface area contributed by atoms with E-state index >= 15 is 0 Å². The summed E-state index contributed by atoms with van der Waals surface area (Å²) in [5.74, 6) is 1.26. The standard InChI is InChI=1S/C21H20N4O4S/c1-12-3-2-4-17-19(12)23-21(30-17)24-20(27)22-13-9-18(26)25(11-13)14-5-6-15-16(10-14)29-8-7-28-15/h2-6,10,13H,7-9,11H2,1H3,(H2,22,23,24,27)/t13-/m1/s1. The van der Waals surface area contributed by atoms with Crippen LogP contribution < -0.4 is 25.0 Å². The van der Waals surface area contributed by atoms with E-state index in [1.54, 1.807) is 17.0 Å². The normalized spacial score (nSPS) is 18.0. The van der Waals surface area contributed by atoms with Crippen LogP contribution in [0.4, 0.5) is 15.6 Å². The largest absolute Gasteiger partial charge is 0.486 e. The summed E-state index contributed by atoms with van der Waals surface area (Å²) in [5.41, 5.74) is 2.68. The van der Waals surface area contributed by atoms with Crippen LogP contribution in [0, 0.1) is 6.92 Å². The van der Waals surface area contributed by atoms with Gasteiger partial charge in [-0.2, -0.15) is 0 Å². The number of thiazole rings is 1. The predicted octanol–water partition coefficient (Wildman–Crippen LogP) is 3.30. The highest BCUT2D eigenvalue weighted by atomic mass is 32.1. The minimum absolute atomic E-state index is 0.0485. The molecule has 2 aromatic carbocycles. The molecule has 3 amide bonds. The number of carbonyl (C=O) groups is 2. The number of carbonyl (C=O) groups excluding carboxylic acids is 2. The van der Waals surface area contributed by atoms with Gasteiger partial charge < -0.3 is 19.7 Å². The molecule has 0 radical (unpaired) electrons. The van der Waals surface area contributed by atoms with Crippen LogP contribution in [0.5, 0.6) is 11.5 Å². The number of anilines is 2. The fourth-order valence-corrected chi connectivity index (χ4v) is 4.65. The van der Waals surface area contributed by atoms with Gasteiger partial charge in [-0.1, -0.05) is 23.5 Å². The molecule has 2 N–H and O–H groups in total. The average molecular weight is 424 g/mol. The van der Waals surface area contributed by atoms with Gasteiger partial charge in [-0.25, -0.2) is 9.78 Å². The van der Waals surface area contributed by atoms with Crippen LogP contribution in [-0.4, -0.2) is 42.7 Å². The third kappa shape index (κ3) is 3.52. The number of hydrogen-bond donors (Lipinski definition) is 2. The summed E-state index contributed by atoms with van der Waals surface area (Å²) in [5, 5.41) is 6.20. The second kappa shape index (κ2) is 7.49. The van der Waals surface area contributed by atoms with E-state index in [4.69, 9.17) is 9.47 Å². The van der Waals surface area contributed by atoms with Crippen LogP contribution in [-0.2, 0) is 4.79 Å². The molecule has 0 aliphatic carbocycles. The Kier molecular flexibility index (Phi) is 4.66. The summed E-state index contributed by atoms with van der Waals surface area (Å²) in [6, 6.07) is 10.7. The van der Waals surface area contributed by atoms with E-state index in [1.165, 1.54) is 11.3 Å². The maximum absolute atomic E-state index is 12.5. The number of nitrogens with zero attached hydrogens (tertiary/aromatic N) is 2. The van der Waals surface area contributed by atoms with Gasteiger partial charge in [-0.15, -0.1) is 0 Å². The first-order chi connectivity index (χ1) is 14.6. The number of fused-ring (bicyclic) bond motifs is 2. The fourth-order valence-electron chi connectivity index (χ4n) is 3.71. The van der Waals surface area contributed by atoms with Crippen LogP contribution in [0.1, 0.15) is 12.0 Å². The molecule has 2 aliphatic heterocycles. The highest BCUT2D eigenvalue weighted by Crippen LogP contribution is 2.35. The summed E-state index contributed by atoms with van der Waals surface area (Å²) < 4.78 is 12.1. The Morgan fingerprint density at radius 3 is 2.87 bits per heavy atom. The summed E-state index contributed by atoms with van der Waals surface area (Å²) in [6.07, 6.45) is 0.237. The minimum atomic E-state index is -0.367. The van der Waals surface area contributed by atoms with Gasteiger partial charge in [0, 0.05) is 24.7 Å². The van der Waals surface area contributed by atoms with Crippen LogP contribution in [0.25, 0.3) is 10.2 Å². The summed E-state index contributed by atoms with van der Waals surface area (Å²) in [4.78, 5) is 31.1. The Labute approximate surface area is 176 Å². The molecule has 1 saturated heterocycles.